The second-order valence-electron chi connectivity index (χ2n) is 3.12. The summed E-state index contributed by atoms with van der Waals surface area (Å²) in [7, 11) is 1.82. The van der Waals surface area contributed by atoms with E-state index < -0.39 is 0 Å². The molecule has 1 saturated heterocycles. The van der Waals surface area contributed by atoms with Crippen molar-refractivity contribution < 1.29 is 4.79 Å². The van der Waals surface area contributed by atoms with Crippen molar-refractivity contribution in [2.75, 3.05) is 13.1 Å². The lowest BCUT2D eigenvalue weighted by Gasteiger charge is -2.24. The first-order chi connectivity index (χ1) is 5.77. The van der Waals surface area contributed by atoms with E-state index in [0.717, 1.165) is 18.7 Å². The third kappa shape index (κ3) is 1.14. The molecule has 1 aliphatic rings. The molecule has 1 aromatic heterocycles. The van der Waals surface area contributed by atoms with Crippen LogP contribution < -0.4 is 5.32 Å². The predicted octanol–water partition coefficient (Wildman–Crippen LogP) is -0.178. The molecule has 0 bridgehead atoms. The molecule has 0 atom stereocenters. The standard InChI is InChI=1S/C8H11N3O/c1-11-5-7(4-10-11)8(12)6-2-9-3-6/h4-6,9H,2-3H2,1H3. The van der Waals surface area contributed by atoms with E-state index >= 15 is 0 Å². The van der Waals surface area contributed by atoms with Crippen LogP contribution in [0.2, 0.25) is 0 Å². The zero-order valence-electron chi connectivity index (χ0n) is 6.95. The number of hydrogen-bond donors (Lipinski definition) is 1. The lowest BCUT2D eigenvalue weighted by atomic mass is 9.95. The number of ketones is 1. The van der Waals surface area contributed by atoms with Gasteiger partial charge in [-0.25, -0.2) is 0 Å². The maximum atomic E-state index is 11.5. The van der Waals surface area contributed by atoms with Gasteiger partial charge >= 0.3 is 0 Å². The summed E-state index contributed by atoms with van der Waals surface area (Å²) < 4.78 is 1.65. The van der Waals surface area contributed by atoms with Gasteiger partial charge in [-0.15, -0.1) is 0 Å². The summed E-state index contributed by atoms with van der Waals surface area (Å²) in [4.78, 5) is 11.5. The van der Waals surface area contributed by atoms with Gasteiger partial charge in [-0.05, 0) is 0 Å². The van der Waals surface area contributed by atoms with Crippen molar-refractivity contribution in [1.29, 1.82) is 0 Å². The highest BCUT2D eigenvalue weighted by Crippen LogP contribution is 2.11. The van der Waals surface area contributed by atoms with Crippen LogP contribution in [0.15, 0.2) is 12.4 Å². The van der Waals surface area contributed by atoms with Gasteiger partial charge in [0.2, 0.25) is 0 Å². The summed E-state index contributed by atoms with van der Waals surface area (Å²) >= 11 is 0. The molecule has 1 aromatic rings. The molecule has 4 heteroatoms. The van der Waals surface area contributed by atoms with Crippen molar-refractivity contribution >= 4 is 5.78 Å². The fourth-order valence-corrected chi connectivity index (χ4v) is 1.26. The fraction of sp³-hybridized carbons (Fsp3) is 0.500. The second kappa shape index (κ2) is 2.71. The molecule has 1 aliphatic heterocycles. The van der Waals surface area contributed by atoms with Gasteiger partial charge in [0.25, 0.3) is 0 Å². The monoisotopic (exact) mass is 165 g/mol. The number of Topliss-reactive ketones (excluding diaryl/α,β-unsaturated/α-hetero) is 1. The van der Waals surface area contributed by atoms with Crippen LogP contribution in [0, 0.1) is 5.92 Å². The minimum Gasteiger partial charge on any atom is -0.315 e. The average Bonchev–Trinajstić information content (AvgIpc) is 2.31. The molecule has 2 heterocycles. The molecule has 2 rings (SSSR count). The number of carbonyl (C=O) groups excluding carboxylic acids is 1. The summed E-state index contributed by atoms with van der Waals surface area (Å²) in [6.45, 7) is 1.63. The van der Waals surface area contributed by atoms with Crippen LogP contribution in [0.4, 0.5) is 0 Å². The van der Waals surface area contributed by atoms with Crippen molar-refractivity contribution in [1.82, 2.24) is 15.1 Å². The van der Waals surface area contributed by atoms with Gasteiger partial charge < -0.3 is 5.32 Å². The van der Waals surface area contributed by atoms with Gasteiger partial charge in [-0.3, -0.25) is 9.48 Å². The summed E-state index contributed by atoms with van der Waals surface area (Å²) in [6, 6.07) is 0. The van der Waals surface area contributed by atoms with Crippen LogP contribution >= 0.6 is 0 Å². The van der Waals surface area contributed by atoms with Crippen molar-refractivity contribution in [3.63, 3.8) is 0 Å². The lowest BCUT2D eigenvalue weighted by Crippen LogP contribution is -2.46. The highest BCUT2D eigenvalue weighted by molar-refractivity contribution is 5.98. The number of aromatic nitrogens is 2. The van der Waals surface area contributed by atoms with Crippen LogP contribution in [-0.4, -0.2) is 28.7 Å². The number of aryl methyl sites for hydroxylation is 1. The number of hydrogen-bond acceptors (Lipinski definition) is 3. The topological polar surface area (TPSA) is 46.9 Å². The molecule has 0 saturated carbocycles. The molecule has 0 unspecified atom stereocenters. The van der Waals surface area contributed by atoms with Gasteiger partial charge in [0.15, 0.2) is 5.78 Å². The van der Waals surface area contributed by atoms with E-state index in [1.54, 1.807) is 17.1 Å². The van der Waals surface area contributed by atoms with E-state index in [9.17, 15) is 4.79 Å². The second-order valence-corrected chi connectivity index (χ2v) is 3.12. The SMILES string of the molecule is Cn1cc(C(=O)C2CNC2)cn1. The minimum atomic E-state index is 0.175. The molecule has 0 radical (unpaired) electrons. The molecular weight excluding hydrogens is 154 g/mol. The number of carbonyl (C=O) groups is 1. The van der Waals surface area contributed by atoms with Gasteiger partial charge in [0.05, 0.1) is 11.8 Å². The summed E-state index contributed by atoms with van der Waals surface area (Å²) in [5.74, 6) is 0.385. The van der Waals surface area contributed by atoms with Crippen LogP contribution in [0.1, 0.15) is 10.4 Å². The Kier molecular flexibility index (Phi) is 1.69. The Morgan fingerprint density at radius 3 is 2.92 bits per heavy atom. The van der Waals surface area contributed by atoms with Crippen molar-refractivity contribution in [2.24, 2.45) is 13.0 Å². The average molecular weight is 165 g/mol. The first-order valence-corrected chi connectivity index (χ1v) is 4.01. The third-order valence-electron chi connectivity index (χ3n) is 2.14. The highest BCUT2D eigenvalue weighted by Gasteiger charge is 2.26. The van der Waals surface area contributed by atoms with E-state index in [4.69, 9.17) is 0 Å². The maximum absolute atomic E-state index is 11.5. The first-order valence-electron chi connectivity index (χ1n) is 4.01. The number of nitrogens with zero attached hydrogens (tertiary/aromatic N) is 2. The summed E-state index contributed by atoms with van der Waals surface area (Å²) in [5.41, 5.74) is 0.726. The van der Waals surface area contributed by atoms with Crippen LogP contribution in [0.25, 0.3) is 0 Å². The van der Waals surface area contributed by atoms with E-state index in [1.165, 1.54) is 0 Å². The normalized spacial score (nSPS) is 17.4. The Balaban J connectivity index is 2.13. The van der Waals surface area contributed by atoms with Crippen molar-refractivity contribution in [2.45, 2.75) is 0 Å². The lowest BCUT2D eigenvalue weighted by molar-refractivity contribution is 0.0878. The van der Waals surface area contributed by atoms with Gasteiger partial charge in [0, 0.05) is 32.3 Å². The minimum absolute atomic E-state index is 0.175. The Bertz CT molecular complexity index is 301. The smallest absolute Gasteiger partial charge is 0.171 e. The molecule has 1 N–H and O–H groups in total. The zero-order valence-corrected chi connectivity index (χ0v) is 6.95. The molecule has 0 aliphatic carbocycles. The molecule has 64 valence electrons. The molecule has 12 heavy (non-hydrogen) atoms. The third-order valence-corrected chi connectivity index (χ3v) is 2.14. The van der Waals surface area contributed by atoms with Crippen LogP contribution in [0.5, 0.6) is 0 Å². The molecule has 0 amide bonds. The van der Waals surface area contributed by atoms with Crippen LogP contribution in [0.3, 0.4) is 0 Å². The molecule has 0 spiro atoms. The Labute approximate surface area is 70.6 Å². The first kappa shape index (κ1) is 7.49. The van der Waals surface area contributed by atoms with E-state index in [-0.39, 0.29) is 11.7 Å². The predicted molar refractivity (Wildman–Crippen MR) is 43.9 cm³/mol. The maximum Gasteiger partial charge on any atom is 0.171 e. The van der Waals surface area contributed by atoms with Gasteiger partial charge in [-0.2, -0.15) is 5.10 Å². The quantitative estimate of drug-likeness (QED) is 0.618. The summed E-state index contributed by atoms with van der Waals surface area (Å²) in [5, 5.41) is 7.02. The van der Waals surface area contributed by atoms with Crippen molar-refractivity contribution in [3.8, 4) is 0 Å². The van der Waals surface area contributed by atoms with Crippen LogP contribution in [-0.2, 0) is 7.05 Å². The van der Waals surface area contributed by atoms with Gasteiger partial charge in [0.1, 0.15) is 0 Å². The Hall–Kier alpha value is -1.16. The van der Waals surface area contributed by atoms with Crippen molar-refractivity contribution in [3.05, 3.63) is 18.0 Å². The van der Waals surface area contributed by atoms with Gasteiger partial charge in [-0.1, -0.05) is 0 Å². The molecule has 0 aromatic carbocycles. The largest absolute Gasteiger partial charge is 0.315 e. The highest BCUT2D eigenvalue weighted by atomic mass is 16.1. The molecule has 1 fully saturated rings. The number of rotatable bonds is 2. The molecular formula is C8H11N3O. The van der Waals surface area contributed by atoms with E-state index in [1.807, 2.05) is 7.05 Å². The molecule has 4 nitrogen and oxygen atoms in total. The van der Waals surface area contributed by atoms with E-state index in [2.05, 4.69) is 10.4 Å². The number of nitrogens with one attached hydrogen (secondary N) is 1. The summed E-state index contributed by atoms with van der Waals surface area (Å²) in [6.07, 6.45) is 3.39. The Morgan fingerprint density at radius 1 is 1.75 bits per heavy atom. The zero-order chi connectivity index (χ0) is 8.55. The van der Waals surface area contributed by atoms with E-state index in [0.29, 0.717) is 0 Å². The Morgan fingerprint density at radius 2 is 2.50 bits per heavy atom. The fourth-order valence-electron chi connectivity index (χ4n) is 1.26.